The molecule has 0 unspecified atom stereocenters. The number of nitrogens with zero attached hydrogens (tertiary/aromatic N) is 2. The molecule has 0 spiro atoms. The number of nitrogens with one attached hydrogen (secondary N) is 1. The Hall–Kier alpha value is -3.74. The number of methoxy groups -OCH3 is 1. The summed E-state index contributed by atoms with van der Waals surface area (Å²) in [6.07, 6.45) is 5.21. The van der Waals surface area contributed by atoms with E-state index in [4.69, 9.17) is 14.2 Å². The van der Waals surface area contributed by atoms with Crippen molar-refractivity contribution < 1.29 is 19.0 Å². The van der Waals surface area contributed by atoms with Crippen LogP contribution in [0.2, 0.25) is 0 Å². The van der Waals surface area contributed by atoms with Gasteiger partial charge in [-0.1, -0.05) is 12.1 Å². The third-order valence-electron chi connectivity index (χ3n) is 5.80. The van der Waals surface area contributed by atoms with Crippen LogP contribution in [-0.2, 0) is 4.74 Å². The highest BCUT2D eigenvalue weighted by molar-refractivity contribution is 5.71. The van der Waals surface area contributed by atoms with Crippen molar-refractivity contribution >= 4 is 11.8 Å². The molecular weight excluding hydrogens is 442 g/mol. The Morgan fingerprint density at radius 2 is 1.86 bits per heavy atom. The van der Waals surface area contributed by atoms with E-state index in [0.29, 0.717) is 24.6 Å². The Balaban J connectivity index is 1.54. The quantitative estimate of drug-likeness (QED) is 0.429. The van der Waals surface area contributed by atoms with Gasteiger partial charge in [-0.15, -0.1) is 0 Å². The van der Waals surface area contributed by atoms with E-state index in [0.717, 1.165) is 35.4 Å². The minimum atomic E-state index is -0.515. The van der Waals surface area contributed by atoms with E-state index in [1.807, 2.05) is 86.5 Å². The fourth-order valence-corrected chi connectivity index (χ4v) is 4.07. The molecule has 2 aromatic carbocycles. The maximum atomic E-state index is 12.7. The van der Waals surface area contributed by atoms with Crippen LogP contribution in [0, 0.1) is 0 Å². The molecule has 0 aliphatic carbocycles. The molecule has 1 aliphatic rings. The predicted octanol–water partition coefficient (Wildman–Crippen LogP) is 6.36. The molecule has 1 fully saturated rings. The normalized spacial score (nSPS) is 15.5. The average molecular weight is 476 g/mol. The molecule has 2 heterocycles. The third-order valence-corrected chi connectivity index (χ3v) is 5.80. The number of anilines is 1. The van der Waals surface area contributed by atoms with Gasteiger partial charge in [-0.3, -0.25) is 4.98 Å². The highest BCUT2D eigenvalue weighted by atomic mass is 16.6. The number of pyridine rings is 1. The lowest BCUT2D eigenvalue weighted by Gasteiger charge is -2.29. The second kappa shape index (κ2) is 10.7. The van der Waals surface area contributed by atoms with Crippen LogP contribution in [0.25, 0.3) is 11.1 Å². The molecule has 0 radical (unpaired) electrons. The minimum Gasteiger partial charge on any atom is -0.497 e. The van der Waals surface area contributed by atoms with Gasteiger partial charge in [0.25, 0.3) is 0 Å². The molecule has 1 N–H and O–H groups in total. The molecule has 0 bridgehead atoms. The lowest BCUT2D eigenvalue weighted by molar-refractivity contribution is 0.0235. The van der Waals surface area contributed by atoms with Gasteiger partial charge in [0.15, 0.2) is 5.75 Å². The number of aromatic nitrogens is 1. The molecule has 7 nitrogen and oxygen atoms in total. The first-order chi connectivity index (χ1) is 16.8. The second-order valence-corrected chi connectivity index (χ2v) is 9.58. The van der Waals surface area contributed by atoms with Crippen molar-refractivity contribution in [3.05, 3.63) is 67.0 Å². The summed E-state index contributed by atoms with van der Waals surface area (Å²) >= 11 is 0. The molecule has 1 aliphatic heterocycles. The van der Waals surface area contributed by atoms with Crippen molar-refractivity contribution in [1.82, 2.24) is 9.88 Å². The monoisotopic (exact) mass is 475 g/mol. The van der Waals surface area contributed by atoms with Gasteiger partial charge in [-0.2, -0.15) is 0 Å². The van der Waals surface area contributed by atoms with Crippen LogP contribution in [0.3, 0.4) is 0 Å². The zero-order valence-electron chi connectivity index (χ0n) is 20.8. The van der Waals surface area contributed by atoms with E-state index in [9.17, 15) is 4.79 Å². The first-order valence-corrected chi connectivity index (χ1v) is 11.9. The Labute approximate surface area is 207 Å². The summed E-state index contributed by atoms with van der Waals surface area (Å²) in [6, 6.07) is 17.5. The zero-order chi connectivity index (χ0) is 24.8. The maximum absolute atomic E-state index is 12.7. The number of rotatable bonds is 7. The van der Waals surface area contributed by atoms with Crippen LogP contribution < -0.4 is 14.8 Å². The molecule has 35 heavy (non-hydrogen) atoms. The molecule has 1 amide bonds. The van der Waals surface area contributed by atoms with Gasteiger partial charge in [-0.25, -0.2) is 4.79 Å². The van der Waals surface area contributed by atoms with Crippen LogP contribution in [0.5, 0.6) is 17.2 Å². The van der Waals surface area contributed by atoms with Gasteiger partial charge in [0, 0.05) is 31.0 Å². The van der Waals surface area contributed by atoms with E-state index in [-0.39, 0.29) is 12.1 Å². The Morgan fingerprint density at radius 1 is 1.09 bits per heavy atom. The smallest absolute Gasteiger partial charge is 0.410 e. The molecule has 3 aromatic rings. The molecule has 1 atom stereocenters. The number of carbonyl (C=O) groups is 1. The van der Waals surface area contributed by atoms with E-state index in [2.05, 4.69) is 10.3 Å². The standard InChI is InChI=1S/C28H33N3O4/c1-28(2,3)35-27(32)31-16-6-8-22(31)19-30-25-14-9-20(21-7-5-15-29-18-21)17-26(25)34-24-12-10-23(33-4)11-13-24/h5,7,9-15,17-18,22,30H,6,8,16,19H2,1-4H3/t22-/m0/s1. The largest absolute Gasteiger partial charge is 0.497 e. The maximum Gasteiger partial charge on any atom is 0.410 e. The van der Waals surface area contributed by atoms with E-state index >= 15 is 0 Å². The second-order valence-electron chi connectivity index (χ2n) is 9.58. The van der Waals surface area contributed by atoms with E-state index in [1.54, 1.807) is 13.3 Å². The van der Waals surface area contributed by atoms with Crippen LogP contribution in [0.1, 0.15) is 33.6 Å². The Morgan fingerprint density at radius 3 is 2.54 bits per heavy atom. The van der Waals surface area contributed by atoms with Crippen LogP contribution >= 0.6 is 0 Å². The molecule has 1 saturated heterocycles. The summed E-state index contributed by atoms with van der Waals surface area (Å²) in [4.78, 5) is 18.7. The number of hydrogen-bond donors (Lipinski definition) is 1. The number of likely N-dealkylation sites (tertiary alicyclic amines) is 1. The fourth-order valence-electron chi connectivity index (χ4n) is 4.07. The van der Waals surface area contributed by atoms with Gasteiger partial charge >= 0.3 is 6.09 Å². The summed E-state index contributed by atoms with van der Waals surface area (Å²) in [6.45, 7) is 6.98. The van der Waals surface area contributed by atoms with Crippen LogP contribution in [-0.4, -0.2) is 47.8 Å². The first kappa shape index (κ1) is 24.4. The first-order valence-electron chi connectivity index (χ1n) is 11.9. The molecule has 4 rings (SSSR count). The SMILES string of the molecule is COc1ccc(Oc2cc(-c3cccnc3)ccc2NC[C@@H]2CCCN2C(=O)OC(C)(C)C)cc1. The molecule has 0 saturated carbocycles. The van der Waals surface area contributed by atoms with Crippen LogP contribution in [0.15, 0.2) is 67.0 Å². The number of hydrogen-bond acceptors (Lipinski definition) is 6. The fraction of sp³-hybridized carbons (Fsp3) is 0.357. The van der Waals surface area contributed by atoms with Gasteiger partial charge < -0.3 is 24.4 Å². The van der Waals surface area contributed by atoms with Gasteiger partial charge in [0.2, 0.25) is 0 Å². The highest BCUT2D eigenvalue weighted by Gasteiger charge is 2.32. The van der Waals surface area contributed by atoms with E-state index in [1.165, 1.54) is 0 Å². The summed E-state index contributed by atoms with van der Waals surface area (Å²) in [5, 5.41) is 3.51. The number of amides is 1. The Kier molecular flexibility index (Phi) is 7.44. The number of benzene rings is 2. The molecule has 184 valence electrons. The average Bonchev–Trinajstić information content (AvgIpc) is 3.32. The topological polar surface area (TPSA) is 72.9 Å². The van der Waals surface area contributed by atoms with E-state index < -0.39 is 5.60 Å². The highest BCUT2D eigenvalue weighted by Crippen LogP contribution is 2.35. The summed E-state index contributed by atoms with van der Waals surface area (Å²) in [5.41, 5.74) is 2.34. The van der Waals surface area contributed by atoms with Crippen molar-refractivity contribution in [3.63, 3.8) is 0 Å². The zero-order valence-corrected chi connectivity index (χ0v) is 20.8. The lowest BCUT2D eigenvalue weighted by Crippen LogP contribution is -2.42. The lowest BCUT2D eigenvalue weighted by atomic mass is 10.1. The molecular formula is C28H33N3O4. The predicted molar refractivity (Wildman–Crippen MR) is 137 cm³/mol. The molecule has 7 heteroatoms. The van der Waals surface area contributed by atoms with Crippen LogP contribution in [0.4, 0.5) is 10.5 Å². The summed E-state index contributed by atoms with van der Waals surface area (Å²) in [7, 11) is 1.64. The summed E-state index contributed by atoms with van der Waals surface area (Å²) in [5.74, 6) is 2.16. The summed E-state index contributed by atoms with van der Waals surface area (Å²) < 4.78 is 17.1. The van der Waals surface area contributed by atoms with Crippen molar-refractivity contribution in [2.24, 2.45) is 0 Å². The minimum absolute atomic E-state index is 0.0525. The van der Waals surface area contributed by atoms with Crippen molar-refractivity contribution in [3.8, 4) is 28.4 Å². The van der Waals surface area contributed by atoms with Gasteiger partial charge in [0.1, 0.15) is 17.1 Å². The Bertz CT molecular complexity index is 1130. The van der Waals surface area contributed by atoms with Gasteiger partial charge in [0.05, 0.1) is 18.8 Å². The molecule has 1 aromatic heterocycles. The van der Waals surface area contributed by atoms with Crippen molar-refractivity contribution in [2.75, 3.05) is 25.5 Å². The number of carbonyl (C=O) groups excluding carboxylic acids is 1. The van der Waals surface area contributed by atoms with Gasteiger partial charge in [-0.05, 0) is 81.6 Å². The third kappa shape index (κ3) is 6.44. The number of ether oxygens (including phenoxy) is 3. The van der Waals surface area contributed by atoms with Crippen molar-refractivity contribution in [2.45, 2.75) is 45.3 Å². The van der Waals surface area contributed by atoms with Crippen molar-refractivity contribution in [1.29, 1.82) is 0 Å².